The number of benzene rings is 2. The van der Waals surface area contributed by atoms with E-state index < -0.39 is 5.91 Å². The summed E-state index contributed by atoms with van der Waals surface area (Å²) >= 11 is 0. The Bertz CT molecular complexity index is 669. The highest BCUT2D eigenvalue weighted by Crippen LogP contribution is 2.16. The quantitative estimate of drug-likeness (QED) is 0.758. The van der Waals surface area contributed by atoms with Crippen molar-refractivity contribution in [3.8, 4) is 5.75 Å². The van der Waals surface area contributed by atoms with Gasteiger partial charge in [-0.05, 0) is 36.4 Å². The van der Waals surface area contributed by atoms with E-state index >= 15 is 0 Å². The molecule has 2 aromatic rings. The van der Waals surface area contributed by atoms with Gasteiger partial charge in [-0.3, -0.25) is 9.59 Å². The number of carbonyl (C=O) groups is 2. The molecule has 2 amide bonds. The molecule has 6 heteroatoms. The van der Waals surface area contributed by atoms with Gasteiger partial charge in [0.2, 0.25) is 5.91 Å². The maximum atomic E-state index is 11.9. The number of nitrogens with two attached hydrogens (primary N) is 1. The largest absolute Gasteiger partial charge is 0.497 e. The van der Waals surface area contributed by atoms with Gasteiger partial charge < -0.3 is 21.1 Å². The number of hydrogen-bond donors (Lipinski definition) is 3. The summed E-state index contributed by atoms with van der Waals surface area (Å²) in [5.74, 6) is -0.117. The highest BCUT2D eigenvalue weighted by Gasteiger charge is 2.09. The predicted octanol–water partition coefficient (Wildman–Crippen LogP) is 1.84. The fraction of sp³-hybridized carbons (Fsp3) is 0.125. The average molecular weight is 299 g/mol. The number of primary amides is 1. The molecule has 2 aromatic carbocycles. The summed E-state index contributed by atoms with van der Waals surface area (Å²) in [7, 11) is 1.59. The number of hydrogen-bond acceptors (Lipinski definition) is 4. The Hall–Kier alpha value is -3.02. The van der Waals surface area contributed by atoms with Gasteiger partial charge in [0.1, 0.15) is 5.75 Å². The van der Waals surface area contributed by atoms with Crippen LogP contribution in [-0.2, 0) is 4.79 Å². The van der Waals surface area contributed by atoms with Gasteiger partial charge in [-0.1, -0.05) is 12.1 Å². The number of ether oxygens (including phenoxy) is 1. The van der Waals surface area contributed by atoms with Gasteiger partial charge in [0, 0.05) is 5.69 Å². The minimum Gasteiger partial charge on any atom is -0.497 e. The molecule has 0 fully saturated rings. The lowest BCUT2D eigenvalue weighted by molar-refractivity contribution is -0.114. The first-order valence-electron chi connectivity index (χ1n) is 6.67. The van der Waals surface area contributed by atoms with Crippen molar-refractivity contribution in [2.24, 2.45) is 5.73 Å². The molecule has 0 saturated heterocycles. The van der Waals surface area contributed by atoms with Crippen molar-refractivity contribution in [2.45, 2.75) is 0 Å². The molecule has 0 unspecified atom stereocenters. The lowest BCUT2D eigenvalue weighted by Gasteiger charge is -2.10. The Balaban J connectivity index is 1.94. The van der Waals surface area contributed by atoms with E-state index in [9.17, 15) is 9.59 Å². The van der Waals surface area contributed by atoms with Crippen molar-refractivity contribution >= 4 is 23.2 Å². The van der Waals surface area contributed by atoms with E-state index in [0.29, 0.717) is 5.69 Å². The van der Waals surface area contributed by atoms with Gasteiger partial charge >= 0.3 is 0 Å². The second-order valence-corrected chi connectivity index (χ2v) is 4.54. The second-order valence-electron chi connectivity index (χ2n) is 4.54. The third kappa shape index (κ3) is 3.99. The SMILES string of the molecule is COc1ccc(NCC(=O)Nc2ccccc2C(N)=O)cc1. The van der Waals surface area contributed by atoms with Crippen molar-refractivity contribution in [2.75, 3.05) is 24.3 Å². The molecule has 0 saturated carbocycles. The molecule has 0 atom stereocenters. The lowest BCUT2D eigenvalue weighted by Crippen LogP contribution is -2.24. The molecule has 114 valence electrons. The minimum atomic E-state index is -0.584. The molecule has 6 nitrogen and oxygen atoms in total. The Morgan fingerprint density at radius 1 is 1.09 bits per heavy atom. The number of carbonyl (C=O) groups excluding carboxylic acids is 2. The Kier molecular flexibility index (Phi) is 4.98. The molecule has 0 radical (unpaired) electrons. The summed E-state index contributed by atoms with van der Waals surface area (Å²) in [6.07, 6.45) is 0. The van der Waals surface area contributed by atoms with Crippen LogP contribution in [-0.4, -0.2) is 25.5 Å². The first kappa shape index (κ1) is 15.4. The Labute approximate surface area is 128 Å². The van der Waals surface area contributed by atoms with Crippen LogP contribution in [0.2, 0.25) is 0 Å². The van der Waals surface area contributed by atoms with Gasteiger partial charge in [-0.25, -0.2) is 0 Å². The standard InChI is InChI=1S/C16H17N3O3/c1-22-12-8-6-11(7-9-12)18-10-15(20)19-14-5-3-2-4-13(14)16(17)21/h2-9,18H,10H2,1H3,(H2,17,21)(H,19,20). The topological polar surface area (TPSA) is 93.4 Å². The van der Waals surface area contributed by atoms with Crippen molar-refractivity contribution in [3.63, 3.8) is 0 Å². The summed E-state index contributed by atoms with van der Waals surface area (Å²) in [6.45, 7) is 0.0689. The van der Waals surface area contributed by atoms with E-state index in [0.717, 1.165) is 11.4 Å². The molecule has 0 aliphatic heterocycles. The molecule has 0 heterocycles. The maximum Gasteiger partial charge on any atom is 0.250 e. The number of methoxy groups -OCH3 is 1. The highest BCUT2D eigenvalue weighted by atomic mass is 16.5. The fourth-order valence-electron chi connectivity index (χ4n) is 1.89. The summed E-state index contributed by atoms with van der Waals surface area (Å²) in [4.78, 5) is 23.2. The number of anilines is 2. The van der Waals surface area contributed by atoms with E-state index in [1.807, 2.05) is 12.1 Å². The predicted molar refractivity (Wildman–Crippen MR) is 85.1 cm³/mol. The summed E-state index contributed by atoms with van der Waals surface area (Å²) in [5, 5.41) is 5.64. The third-order valence-electron chi connectivity index (χ3n) is 3.01. The van der Waals surface area contributed by atoms with Gasteiger partial charge in [-0.2, -0.15) is 0 Å². The van der Waals surface area contributed by atoms with Crippen LogP contribution < -0.4 is 21.1 Å². The van der Waals surface area contributed by atoms with Crippen molar-refractivity contribution < 1.29 is 14.3 Å². The summed E-state index contributed by atoms with van der Waals surface area (Å²) < 4.78 is 5.06. The van der Waals surface area contributed by atoms with Crippen molar-refractivity contribution in [3.05, 3.63) is 54.1 Å². The third-order valence-corrected chi connectivity index (χ3v) is 3.01. The maximum absolute atomic E-state index is 11.9. The highest BCUT2D eigenvalue weighted by molar-refractivity contribution is 6.03. The zero-order chi connectivity index (χ0) is 15.9. The monoisotopic (exact) mass is 299 g/mol. The van der Waals surface area contributed by atoms with Crippen LogP contribution in [0.5, 0.6) is 5.75 Å². The van der Waals surface area contributed by atoms with Crippen LogP contribution in [0.25, 0.3) is 0 Å². The van der Waals surface area contributed by atoms with Crippen LogP contribution in [0, 0.1) is 0 Å². The molecular formula is C16H17N3O3. The second kappa shape index (κ2) is 7.12. The molecule has 4 N–H and O–H groups in total. The van der Waals surface area contributed by atoms with Crippen molar-refractivity contribution in [1.29, 1.82) is 0 Å². The van der Waals surface area contributed by atoms with Crippen LogP contribution in [0.1, 0.15) is 10.4 Å². The Morgan fingerprint density at radius 2 is 1.77 bits per heavy atom. The molecule has 0 aliphatic rings. The fourth-order valence-corrected chi connectivity index (χ4v) is 1.89. The smallest absolute Gasteiger partial charge is 0.250 e. The van der Waals surface area contributed by atoms with Gasteiger partial charge in [0.05, 0.1) is 24.9 Å². The zero-order valence-electron chi connectivity index (χ0n) is 12.1. The summed E-state index contributed by atoms with van der Waals surface area (Å²) in [5.41, 5.74) is 6.73. The number of rotatable bonds is 6. The molecule has 0 aliphatic carbocycles. The van der Waals surface area contributed by atoms with Gasteiger partial charge in [0.15, 0.2) is 0 Å². The van der Waals surface area contributed by atoms with Crippen LogP contribution in [0.3, 0.4) is 0 Å². The van der Waals surface area contributed by atoms with E-state index in [-0.39, 0.29) is 18.0 Å². The average Bonchev–Trinajstić information content (AvgIpc) is 2.53. The van der Waals surface area contributed by atoms with E-state index in [1.165, 1.54) is 0 Å². The molecule has 0 spiro atoms. The number of para-hydroxylation sites is 1. The van der Waals surface area contributed by atoms with Gasteiger partial charge in [-0.15, -0.1) is 0 Å². The summed E-state index contributed by atoms with van der Waals surface area (Å²) in [6, 6.07) is 13.8. The number of amides is 2. The van der Waals surface area contributed by atoms with Crippen LogP contribution >= 0.6 is 0 Å². The van der Waals surface area contributed by atoms with Crippen LogP contribution in [0.15, 0.2) is 48.5 Å². The van der Waals surface area contributed by atoms with E-state index in [4.69, 9.17) is 10.5 Å². The Morgan fingerprint density at radius 3 is 2.41 bits per heavy atom. The van der Waals surface area contributed by atoms with E-state index in [1.54, 1.807) is 43.5 Å². The molecule has 2 rings (SSSR count). The first-order chi connectivity index (χ1) is 10.6. The molecule has 0 bridgehead atoms. The number of nitrogens with one attached hydrogen (secondary N) is 2. The van der Waals surface area contributed by atoms with E-state index in [2.05, 4.69) is 10.6 Å². The normalized spacial score (nSPS) is 9.86. The van der Waals surface area contributed by atoms with Crippen molar-refractivity contribution in [1.82, 2.24) is 0 Å². The molecular weight excluding hydrogens is 282 g/mol. The first-order valence-corrected chi connectivity index (χ1v) is 6.67. The van der Waals surface area contributed by atoms with Gasteiger partial charge in [0.25, 0.3) is 5.91 Å². The molecule has 22 heavy (non-hydrogen) atoms. The minimum absolute atomic E-state index is 0.0689. The lowest BCUT2D eigenvalue weighted by atomic mass is 10.1. The molecule has 0 aromatic heterocycles. The van der Waals surface area contributed by atoms with Crippen LogP contribution in [0.4, 0.5) is 11.4 Å². The zero-order valence-corrected chi connectivity index (χ0v) is 12.1.